The van der Waals surface area contributed by atoms with E-state index in [9.17, 15) is 22.6 Å². The van der Waals surface area contributed by atoms with Crippen LogP contribution in [0.4, 0.5) is 0 Å². The van der Waals surface area contributed by atoms with E-state index in [0.717, 1.165) is 21.7 Å². The van der Waals surface area contributed by atoms with E-state index in [1.54, 1.807) is 26.1 Å². The summed E-state index contributed by atoms with van der Waals surface area (Å²) in [4.78, 5) is 24.4. The lowest BCUT2D eigenvalue weighted by Crippen LogP contribution is -2.32. The molecule has 0 heterocycles. The Morgan fingerprint density at radius 1 is 0.971 bits per heavy atom. The Morgan fingerprint density at radius 3 is 2.11 bits per heavy atom. The van der Waals surface area contributed by atoms with E-state index >= 15 is 0 Å². The molecule has 8 nitrogen and oxygen atoms in total. The van der Waals surface area contributed by atoms with Gasteiger partial charge in [0, 0.05) is 36.2 Å². The van der Waals surface area contributed by atoms with Gasteiger partial charge in [-0.15, -0.1) is 0 Å². The standard InChI is InChI=1S/C25H25NO7S.CH4/c1-14-11-20(33-13-22(27)26(3)10-4-5-23(28)29)18-8-9-19-21(34(30,31)32)12-15(2)17-7-6-16(14)24(18)25(17)19;/h6-9,11-12H,4-5,10,13H2,1-3H3,(H,28,29)(H,30,31,32);1H4/p-1. The predicted octanol–water partition coefficient (Wildman–Crippen LogP) is 4.44. The third kappa shape index (κ3) is 4.87. The van der Waals surface area contributed by atoms with Crippen molar-refractivity contribution in [2.75, 3.05) is 20.2 Å². The number of likely N-dealkylation sites (N-methyl/N-ethyl adjacent to an activating group) is 1. The molecule has 4 aromatic carbocycles. The van der Waals surface area contributed by atoms with Gasteiger partial charge in [-0.1, -0.05) is 25.6 Å². The Balaban J connectivity index is 0.00000342. The monoisotopic (exact) mass is 498 g/mol. The zero-order valence-corrected chi connectivity index (χ0v) is 19.9. The molecule has 0 saturated heterocycles. The largest absolute Gasteiger partial charge is 0.744 e. The van der Waals surface area contributed by atoms with Crippen molar-refractivity contribution >= 4 is 54.3 Å². The Kier molecular flexibility index (Phi) is 7.23. The average Bonchev–Trinajstić information content (AvgIpc) is 2.76. The normalized spacial score (nSPS) is 11.7. The molecular formula is C26H28NO7S-. The van der Waals surface area contributed by atoms with E-state index in [1.807, 2.05) is 25.1 Å². The molecule has 0 radical (unpaired) electrons. The van der Waals surface area contributed by atoms with Crippen LogP contribution in [0.15, 0.2) is 41.3 Å². The molecule has 4 rings (SSSR count). The highest BCUT2D eigenvalue weighted by Crippen LogP contribution is 2.43. The highest BCUT2D eigenvalue weighted by molar-refractivity contribution is 7.86. The molecule has 35 heavy (non-hydrogen) atoms. The SMILES string of the molecule is C.Cc1cc(OCC(=O)N(C)CCCC(=O)O)c2ccc3c(S(=O)(=O)[O-])cc(C)c4ccc1c2c43. The summed E-state index contributed by atoms with van der Waals surface area (Å²) in [6, 6.07) is 10.4. The number of carboxylic acids is 1. The number of nitrogens with zero attached hydrogens (tertiary/aromatic N) is 1. The summed E-state index contributed by atoms with van der Waals surface area (Å²) in [6.07, 6.45) is 0.326. The number of aryl methyl sites for hydroxylation is 2. The fraction of sp³-hybridized carbons (Fsp3) is 0.308. The van der Waals surface area contributed by atoms with Crippen molar-refractivity contribution in [3.8, 4) is 5.75 Å². The number of carboxylic acid groups (broad SMARTS) is 1. The second-order valence-electron chi connectivity index (χ2n) is 8.51. The highest BCUT2D eigenvalue weighted by Gasteiger charge is 2.19. The maximum Gasteiger partial charge on any atom is 0.303 e. The fourth-order valence-electron chi connectivity index (χ4n) is 4.44. The summed E-state index contributed by atoms with van der Waals surface area (Å²) >= 11 is 0. The Labute approximate surface area is 204 Å². The molecule has 0 aliphatic carbocycles. The molecule has 0 spiro atoms. The third-order valence-electron chi connectivity index (χ3n) is 6.17. The second-order valence-corrected chi connectivity index (χ2v) is 9.86. The first-order valence-electron chi connectivity index (χ1n) is 10.7. The van der Waals surface area contributed by atoms with Crippen LogP contribution in [0, 0.1) is 13.8 Å². The molecule has 1 amide bonds. The van der Waals surface area contributed by atoms with Crippen LogP contribution in [-0.4, -0.2) is 55.1 Å². The topological polar surface area (TPSA) is 124 Å². The van der Waals surface area contributed by atoms with Gasteiger partial charge in [-0.3, -0.25) is 9.59 Å². The van der Waals surface area contributed by atoms with Crippen molar-refractivity contribution in [1.82, 2.24) is 4.90 Å². The van der Waals surface area contributed by atoms with Crippen LogP contribution in [0.5, 0.6) is 5.75 Å². The number of rotatable bonds is 8. The zero-order valence-electron chi connectivity index (χ0n) is 19.0. The van der Waals surface area contributed by atoms with Gasteiger partial charge in [-0.2, -0.15) is 0 Å². The maximum atomic E-state index is 12.5. The number of carbonyl (C=O) groups excluding carboxylic acids is 1. The van der Waals surface area contributed by atoms with Crippen LogP contribution in [0.3, 0.4) is 0 Å². The van der Waals surface area contributed by atoms with E-state index < -0.39 is 16.1 Å². The first-order chi connectivity index (χ1) is 16.0. The third-order valence-corrected chi connectivity index (χ3v) is 7.04. The predicted molar refractivity (Wildman–Crippen MR) is 134 cm³/mol. The Bertz CT molecular complexity index is 1540. The molecule has 4 aromatic rings. The van der Waals surface area contributed by atoms with Crippen LogP contribution >= 0.6 is 0 Å². The van der Waals surface area contributed by atoms with Crippen molar-refractivity contribution in [1.29, 1.82) is 0 Å². The van der Waals surface area contributed by atoms with E-state index in [2.05, 4.69) is 0 Å². The van der Waals surface area contributed by atoms with Crippen LogP contribution < -0.4 is 4.74 Å². The minimum absolute atomic E-state index is 0. The molecule has 186 valence electrons. The maximum absolute atomic E-state index is 12.5. The molecule has 9 heteroatoms. The fourth-order valence-corrected chi connectivity index (χ4v) is 5.20. The van der Waals surface area contributed by atoms with Crippen LogP contribution in [0.2, 0.25) is 0 Å². The van der Waals surface area contributed by atoms with Gasteiger partial charge in [0.2, 0.25) is 0 Å². The number of amides is 1. The molecule has 0 aromatic heterocycles. The number of hydrogen-bond acceptors (Lipinski definition) is 6. The molecule has 0 saturated carbocycles. The van der Waals surface area contributed by atoms with Crippen molar-refractivity contribution in [2.24, 2.45) is 0 Å². The quantitative estimate of drug-likeness (QED) is 0.281. The van der Waals surface area contributed by atoms with Crippen LogP contribution in [-0.2, 0) is 19.7 Å². The van der Waals surface area contributed by atoms with Crippen molar-refractivity contribution < 1.29 is 32.4 Å². The second kappa shape index (κ2) is 9.67. The van der Waals surface area contributed by atoms with Gasteiger partial charge in [-0.25, -0.2) is 8.42 Å². The summed E-state index contributed by atoms with van der Waals surface area (Å²) in [5.41, 5.74) is 1.56. The molecule has 0 bridgehead atoms. The molecule has 0 unspecified atom stereocenters. The number of ether oxygens (including phenoxy) is 1. The summed E-state index contributed by atoms with van der Waals surface area (Å²) in [5.74, 6) is -0.728. The summed E-state index contributed by atoms with van der Waals surface area (Å²) in [5, 5.41) is 13.0. The zero-order chi connectivity index (χ0) is 24.8. The van der Waals surface area contributed by atoms with Crippen molar-refractivity contribution in [2.45, 2.75) is 39.0 Å². The smallest absolute Gasteiger partial charge is 0.303 e. The van der Waals surface area contributed by atoms with Gasteiger partial charge >= 0.3 is 5.97 Å². The van der Waals surface area contributed by atoms with Gasteiger partial charge < -0.3 is 19.3 Å². The molecule has 0 aliphatic heterocycles. The van der Waals surface area contributed by atoms with Gasteiger partial charge in [0.15, 0.2) is 6.61 Å². The highest BCUT2D eigenvalue weighted by atomic mass is 32.2. The van der Waals surface area contributed by atoms with Gasteiger partial charge in [0.1, 0.15) is 15.9 Å². The van der Waals surface area contributed by atoms with Crippen molar-refractivity contribution in [3.63, 3.8) is 0 Å². The average molecular weight is 499 g/mol. The first-order valence-corrected chi connectivity index (χ1v) is 12.2. The lowest BCUT2D eigenvalue weighted by Gasteiger charge is -2.21. The molecule has 0 atom stereocenters. The Morgan fingerprint density at radius 2 is 1.51 bits per heavy atom. The number of hydrogen-bond donors (Lipinski definition) is 1. The van der Waals surface area contributed by atoms with Gasteiger partial charge in [0.05, 0.1) is 4.90 Å². The van der Waals surface area contributed by atoms with Crippen molar-refractivity contribution in [3.05, 3.63) is 47.5 Å². The number of benzene rings is 4. The summed E-state index contributed by atoms with van der Waals surface area (Å²) in [7, 11) is -3.09. The lowest BCUT2D eigenvalue weighted by atomic mass is 9.90. The van der Waals surface area contributed by atoms with E-state index in [-0.39, 0.29) is 31.3 Å². The summed E-state index contributed by atoms with van der Waals surface area (Å²) in [6.45, 7) is 3.74. The van der Waals surface area contributed by atoms with Gasteiger partial charge in [-0.05, 0) is 65.8 Å². The van der Waals surface area contributed by atoms with Crippen LogP contribution in [0.1, 0.15) is 31.4 Å². The van der Waals surface area contributed by atoms with Gasteiger partial charge in [0.25, 0.3) is 5.91 Å². The van der Waals surface area contributed by atoms with E-state index in [0.29, 0.717) is 40.4 Å². The summed E-state index contributed by atoms with van der Waals surface area (Å²) < 4.78 is 41.8. The minimum Gasteiger partial charge on any atom is -0.744 e. The van der Waals surface area contributed by atoms with E-state index in [4.69, 9.17) is 9.84 Å². The molecule has 0 fully saturated rings. The minimum atomic E-state index is -4.68. The Hall–Kier alpha value is -3.43. The lowest BCUT2D eigenvalue weighted by molar-refractivity contribution is -0.138. The molecule has 0 aliphatic rings. The van der Waals surface area contributed by atoms with E-state index in [1.165, 1.54) is 11.0 Å². The number of carbonyl (C=O) groups is 2. The number of aliphatic carboxylic acids is 1. The first kappa shape index (κ1) is 26.2. The molecular weight excluding hydrogens is 470 g/mol. The van der Waals surface area contributed by atoms with Crippen LogP contribution in [0.25, 0.3) is 32.3 Å². The molecule has 1 N–H and O–H groups in total.